The Kier molecular flexibility index (Phi) is 4.21. The first-order valence-corrected chi connectivity index (χ1v) is 4.80. The average molecular weight is 244 g/mol. The Hall–Kier alpha value is -1.66. The van der Waals surface area contributed by atoms with Gasteiger partial charge in [0.05, 0.1) is 11.5 Å². The number of nitrogens with one attached hydrogen (secondary N) is 2. The van der Waals surface area contributed by atoms with Crippen molar-refractivity contribution >= 4 is 28.9 Å². The third-order valence-corrected chi connectivity index (χ3v) is 2.07. The SMILES string of the molecule is CNCC(=O)Nc1ccc([N+](=O)[O-])c(Cl)c1. The molecule has 0 aliphatic carbocycles. The van der Waals surface area contributed by atoms with Crippen LogP contribution in [0.1, 0.15) is 0 Å². The first kappa shape index (κ1) is 12.4. The highest BCUT2D eigenvalue weighted by Gasteiger charge is 2.12. The maximum Gasteiger partial charge on any atom is 0.288 e. The summed E-state index contributed by atoms with van der Waals surface area (Å²) in [5.74, 6) is -0.243. The Morgan fingerprint density at radius 1 is 1.56 bits per heavy atom. The molecule has 2 N–H and O–H groups in total. The Labute approximate surface area is 96.7 Å². The summed E-state index contributed by atoms with van der Waals surface area (Å²) in [5.41, 5.74) is 0.240. The van der Waals surface area contributed by atoms with Crippen LogP contribution in [0.15, 0.2) is 18.2 Å². The molecular weight excluding hydrogens is 234 g/mol. The van der Waals surface area contributed by atoms with E-state index in [1.807, 2.05) is 0 Å². The molecule has 0 atom stereocenters. The van der Waals surface area contributed by atoms with Gasteiger partial charge in [-0.1, -0.05) is 11.6 Å². The summed E-state index contributed by atoms with van der Waals surface area (Å²) in [4.78, 5) is 21.1. The standard InChI is InChI=1S/C9H10ClN3O3/c1-11-5-9(14)12-6-2-3-8(13(15)16)7(10)4-6/h2-4,11H,5H2,1H3,(H,12,14). The lowest BCUT2D eigenvalue weighted by molar-refractivity contribution is -0.384. The van der Waals surface area contributed by atoms with Crippen LogP contribution in [0.2, 0.25) is 5.02 Å². The van der Waals surface area contributed by atoms with Crippen LogP contribution in [-0.4, -0.2) is 24.4 Å². The molecule has 1 rings (SSSR count). The molecule has 0 unspecified atom stereocenters. The lowest BCUT2D eigenvalue weighted by Gasteiger charge is -2.04. The van der Waals surface area contributed by atoms with Crippen LogP contribution in [0, 0.1) is 10.1 Å². The van der Waals surface area contributed by atoms with Crippen LogP contribution in [0.4, 0.5) is 11.4 Å². The van der Waals surface area contributed by atoms with E-state index in [0.717, 1.165) is 0 Å². The zero-order valence-corrected chi connectivity index (χ0v) is 9.25. The molecule has 0 aliphatic rings. The molecule has 0 spiro atoms. The largest absolute Gasteiger partial charge is 0.325 e. The molecule has 7 heteroatoms. The van der Waals surface area contributed by atoms with E-state index >= 15 is 0 Å². The van der Waals surface area contributed by atoms with Gasteiger partial charge in [-0.15, -0.1) is 0 Å². The molecule has 0 saturated carbocycles. The monoisotopic (exact) mass is 243 g/mol. The van der Waals surface area contributed by atoms with E-state index in [4.69, 9.17) is 11.6 Å². The average Bonchev–Trinajstić information content (AvgIpc) is 2.17. The number of amides is 1. The summed E-state index contributed by atoms with van der Waals surface area (Å²) in [5, 5.41) is 15.7. The van der Waals surface area contributed by atoms with Crippen LogP contribution in [0.5, 0.6) is 0 Å². The van der Waals surface area contributed by atoms with Gasteiger partial charge in [0.1, 0.15) is 5.02 Å². The predicted octanol–water partition coefficient (Wildman–Crippen LogP) is 1.41. The van der Waals surface area contributed by atoms with Gasteiger partial charge in [-0.2, -0.15) is 0 Å². The van der Waals surface area contributed by atoms with E-state index in [1.54, 1.807) is 7.05 Å². The smallest absolute Gasteiger partial charge is 0.288 e. The Morgan fingerprint density at radius 3 is 2.75 bits per heavy atom. The number of carbonyl (C=O) groups excluding carboxylic acids is 1. The van der Waals surface area contributed by atoms with E-state index in [0.29, 0.717) is 5.69 Å². The first-order chi connectivity index (χ1) is 7.54. The van der Waals surface area contributed by atoms with Crippen molar-refractivity contribution < 1.29 is 9.72 Å². The van der Waals surface area contributed by atoms with Gasteiger partial charge in [-0.3, -0.25) is 14.9 Å². The Morgan fingerprint density at radius 2 is 2.25 bits per heavy atom. The highest BCUT2D eigenvalue weighted by atomic mass is 35.5. The van der Waals surface area contributed by atoms with E-state index in [-0.39, 0.29) is 23.2 Å². The molecule has 1 aromatic rings. The van der Waals surface area contributed by atoms with E-state index < -0.39 is 4.92 Å². The molecule has 0 fully saturated rings. The highest BCUT2D eigenvalue weighted by molar-refractivity contribution is 6.33. The number of nitro groups is 1. The predicted molar refractivity (Wildman–Crippen MR) is 60.7 cm³/mol. The van der Waals surface area contributed by atoms with Gasteiger partial charge < -0.3 is 10.6 Å². The van der Waals surface area contributed by atoms with Crippen molar-refractivity contribution in [3.8, 4) is 0 Å². The molecular formula is C9H10ClN3O3. The number of nitrogens with zero attached hydrogens (tertiary/aromatic N) is 1. The lowest BCUT2D eigenvalue weighted by Crippen LogP contribution is -2.25. The topological polar surface area (TPSA) is 84.3 Å². The van der Waals surface area contributed by atoms with E-state index in [1.165, 1.54) is 18.2 Å². The van der Waals surface area contributed by atoms with Crippen molar-refractivity contribution in [3.63, 3.8) is 0 Å². The minimum Gasteiger partial charge on any atom is -0.325 e. The van der Waals surface area contributed by atoms with Crippen molar-refractivity contribution in [2.75, 3.05) is 18.9 Å². The quantitative estimate of drug-likeness (QED) is 0.619. The van der Waals surface area contributed by atoms with Gasteiger partial charge in [0.15, 0.2) is 0 Å². The van der Waals surface area contributed by atoms with Crippen molar-refractivity contribution in [2.45, 2.75) is 0 Å². The molecule has 0 heterocycles. The second-order valence-corrected chi connectivity index (χ2v) is 3.41. The normalized spacial score (nSPS) is 9.88. The van der Waals surface area contributed by atoms with Gasteiger partial charge in [-0.05, 0) is 19.2 Å². The molecule has 0 saturated heterocycles. The third kappa shape index (κ3) is 3.18. The van der Waals surface area contributed by atoms with Crippen molar-refractivity contribution in [1.82, 2.24) is 5.32 Å². The van der Waals surface area contributed by atoms with Crippen molar-refractivity contribution in [3.05, 3.63) is 33.3 Å². The summed E-state index contributed by atoms with van der Waals surface area (Å²) in [6.07, 6.45) is 0. The minimum atomic E-state index is -0.582. The molecule has 1 amide bonds. The van der Waals surface area contributed by atoms with E-state index in [2.05, 4.69) is 10.6 Å². The van der Waals surface area contributed by atoms with Crippen LogP contribution < -0.4 is 10.6 Å². The van der Waals surface area contributed by atoms with Gasteiger partial charge in [-0.25, -0.2) is 0 Å². The number of hydrogen-bond donors (Lipinski definition) is 2. The number of likely N-dealkylation sites (N-methyl/N-ethyl adjacent to an activating group) is 1. The first-order valence-electron chi connectivity index (χ1n) is 4.43. The third-order valence-electron chi connectivity index (χ3n) is 1.77. The van der Waals surface area contributed by atoms with Gasteiger partial charge >= 0.3 is 0 Å². The highest BCUT2D eigenvalue weighted by Crippen LogP contribution is 2.26. The zero-order valence-electron chi connectivity index (χ0n) is 8.49. The molecule has 1 aromatic carbocycles. The van der Waals surface area contributed by atoms with Crippen LogP contribution in [-0.2, 0) is 4.79 Å². The van der Waals surface area contributed by atoms with Gasteiger partial charge in [0, 0.05) is 11.8 Å². The maximum atomic E-state index is 11.2. The number of nitro benzene ring substituents is 1. The molecule has 0 aliphatic heterocycles. The minimum absolute atomic E-state index is 0.00717. The summed E-state index contributed by atoms with van der Waals surface area (Å²) in [6.45, 7) is 0.161. The number of carbonyl (C=O) groups is 1. The summed E-state index contributed by atoms with van der Waals surface area (Å²) in [6, 6.07) is 4.02. The number of rotatable bonds is 4. The maximum absolute atomic E-state index is 11.2. The fourth-order valence-corrected chi connectivity index (χ4v) is 1.35. The summed E-state index contributed by atoms with van der Waals surface area (Å²) in [7, 11) is 1.64. The molecule has 0 radical (unpaired) electrons. The number of hydrogen-bond acceptors (Lipinski definition) is 4. The van der Waals surface area contributed by atoms with Gasteiger partial charge in [0.2, 0.25) is 5.91 Å². The number of benzene rings is 1. The second-order valence-electron chi connectivity index (χ2n) is 3.00. The lowest BCUT2D eigenvalue weighted by atomic mass is 10.3. The molecule has 6 nitrogen and oxygen atoms in total. The van der Waals surface area contributed by atoms with E-state index in [9.17, 15) is 14.9 Å². The Bertz CT molecular complexity index is 422. The summed E-state index contributed by atoms with van der Waals surface area (Å²) < 4.78 is 0. The fraction of sp³-hybridized carbons (Fsp3) is 0.222. The van der Waals surface area contributed by atoms with Gasteiger partial charge in [0.25, 0.3) is 5.69 Å². The van der Waals surface area contributed by atoms with Crippen LogP contribution in [0.3, 0.4) is 0 Å². The Balaban J connectivity index is 2.81. The number of anilines is 1. The number of halogens is 1. The van der Waals surface area contributed by atoms with Crippen molar-refractivity contribution in [1.29, 1.82) is 0 Å². The molecule has 0 aromatic heterocycles. The second kappa shape index (κ2) is 5.43. The van der Waals surface area contributed by atoms with Crippen LogP contribution in [0.25, 0.3) is 0 Å². The molecule has 0 bridgehead atoms. The molecule has 16 heavy (non-hydrogen) atoms. The fourth-order valence-electron chi connectivity index (χ4n) is 1.10. The van der Waals surface area contributed by atoms with Crippen molar-refractivity contribution in [2.24, 2.45) is 0 Å². The summed E-state index contributed by atoms with van der Waals surface area (Å²) >= 11 is 5.68. The zero-order chi connectivity index (χ0) is 12.1. The van der Waals surface area contributed by atoms with Crippen LogP contribution >= 0.6 is 11.6 Å². The molecule has 86 valence electrons.